The van der Waals surface area contributed by atoms with Crippen LogP contribution < -0.4 is 5.32 Å². The Balaban J connectivity index is 1.73. The summed E-state index contributed by atoms with van der Waals surface area (Å²) in [6.45, 7) is 1.81. The van der Waals surface area contributed by atoms with Crippen molar-refractivity contribution >= 4 is 55.6 Å². The number of halogens is 1. The second kappa shape index (κ2) is 5.47. The second-order valence-electron chi connectivity index (χ2n) is 4.29. The van der Waals surface area contributed by atoms with Gasteiger partial charge in [-0.15, -0.1) is 11.3 Å². The summed E-state index contributed by atoms with van der Waals surface area (Å²) in [6, 6.07) is 5.87. The number of aromatic nitrogens is 2. The quantitative estimate of drug-likeness (QED) is 0.795. The number of hydrogen-bond donors (Lipinski definition) is 1. The van der Waals surface area contributed by atoms with E-state index in [0.717, 1.165) is 21.5 Å². The number of anilines is 1. The summed E-state index contributed by atoms with van der Waals surface area (Å²) in [5.41, 5.74) is 4.38. The van der Waals surface area contributed by atoms with Gasteiger partial charge in [0.25, 0.3) is 0 Å². The Morgan fingerprint density at radius 3 is 3.05 bits per heavy atom. The molecule has 3 rings (SSSR count). The maximum absolute atomic E-state index is 12.0. The highest BCUT2D eigenvalue weighted by Gasteiger charge is 2.12. The molecule has 2 aromatic heterocycles. The molecule has 1 aromatic carbocycles. The van der Waals surface area contributed by atoms with Gasteiger partial charge in [0, 0.05) is 0 Å². The summed E-state index contributed by atoms with van der Waals surface area (Å²) in [6.07, 6.45) is 0.292. The van der Waals surface area contributed by atoms with E-state index in [0.29, 0.717) is 16.4 Å². The summed E-state index contributed by atoms with van der Waals surface area (Å²) in [7, 11) is 0. The average molecular weight is 324 g/mol. The molecule has 2 heterocycles. The standard InChI is InChI=1S/C13H10ClN3OS2/c1-7-12(14)13(20-17-7)16-11(18)5-8-2-3-10-9(4-8)15-6-19-10/h2-4,6H,5H2,1H3,(H,16,18). The van der Waals surface area contributed by atoms with Gasteiger partial charge in [-0.3, -0.25) is 4.79 Å². The topological polar surface area (TPSA) is 54.9 Å². The van der Waals surface area contributed by atoms with Crippen LogP contribution in [-0.2, 0) is 11.2 Å². The van der Waals surface area contributed by atoms with Gasteiger partial charge in [0.2, 0.25) is 5.91 Å². The van der Waals surface area contributed by atoms with Crippen molar-refractivity contribution in [3.8, 4) is 0 Å². The first-order chi connectivity index (χ1) is 9.63. The fourth-order valence-corrected chi connectivity index (χ4v) is 3.41. The fourth-order valence-electron chi connectivity index (χ4n) is 1.81. The summed E-state index contributed by atoms with van der Waals surface area (Å²) in [5, 5.41) is 3.90. The molecule has 0 radical (unpaired) electrons. The number of rotatable bonds is 3. The zero-order valence-corrected chi connectivity index (χ0v) is 12.9. The molecular weight excluding hydrogens is 314 g/mol. The van der Waals surface area contributed by atoms with E-state index in [1.807, 2.05) is 25.1 Å². The Morgan fingerprint density at radius 2 is 2.30 bits per heavy atom. The predicted molar refractivity (Wildman–Crippen MR) is 83.8 cm³/mol. The summed E-state index contributed by atoms with van der Waals surface area (Å²) >= 11 is 8.82. The van der Waals surface area contributed by atoms with Gasteiger partial charge in [0.05, 0.1) is 32.9 Å². The van der Waals surface area contributed by atoms with Gasteiger partial charge in [-0.25, -0.2) is 4.98 Å². The third-order valence-corrected chi connectivity index (χ3v) is 5.04. The highest BCUT2D eigenvalue weighted by atomic mass is 35.5. The molecule has 7 heteroatoms. The zero-order chi connectivity index (χ0) is 14.1. The molecule has 3 aromatic rings. The first kappa shape index (κ1) is 13.5. The van der Waals surface area contributed by atoms with Crippen LogP contribution in [0.2, 0.25) is 5.02 Å². The molecule has 0 saturated heterocycles. The maximum atomic E-state index is 12.0. The molecule has 102 valence electrons. The number of hydrogen-bond acceptors (Lipinski definition) is 5. The third-order valence-electron chi connectivity index (χ3n) is 2.80. The summed E-state index contributed by atoms with van der Waals surface area (Å²) < 4.78 is 5.22. The highest BCUT2D eigenvalue weighted by molar-refractivity contribution is 7.16. The van der Waals surface area contributed by atoms with Crippen LogP contribution in [0.5, 0.6) is 0 Å². The van der Waals surface area contributed by atoms with E-state index < -0.39 is 0 Å². The third kappa shape index (κ3) is 2.67. The van der Waals surface area contributed by atoms with Crippen molar-refractivity contribution in [2.45, 2.75) is 13.3 Å². The van der Waals surface area contributed by atoms with E-state index in [-0.39, 0.29) is 5.91 Å². The van der Waals surface area contributed by atoms with Gasteiger partial charge in [-0.1, -0.05) is 17.7 Å². The Morgan fingerprint density at radius 1 is 1.45 bits per heavy atom. The molecule has 1 amide bonds. The molecule has 4 nitrogen and oxygen atoms in total. The van der Waals surface area contributed by atoms with E-state index in [4.69, 9.17) is 11.6 Å². The molecule has 0 spiro atoms. The average Bonchev–Trinajstić information content (AvgIpc) is 3.00. The van der Waals surface area contributed by atoms with E-state index in [1.165, 1.54) is 11.5 Å². The van der Waals surface area contributed by atoms with Crippen molar-refractivity contribution < 1.29 is 4.79 Å². The lowest BCUT2D eigenvalue weighted by molar-refractivity contribution is -0.115. The number of nitrogens with one attached hydrogen (secondary N) is 1. The molecule has 0 saturated carbocycles. The lowest BCUT2D eigenvalue weighted by atomic mass is 10.1. The molecule has 1 N–H and O–H groups in total. The van der Waals surface area contributed by atoms with Crippen LogP contribution in [0.1, 0.15) is 11.3 Å². The van der Waals surface area contributed by atoms with E-state index in [2.05, 4.69) is 14.7 Å². The summed E-state index contributed by atoms with van der Waals surface area (Å²) in [4.78, 5) is 16.3. The Labute approximate surface area is 128 Å². The minimum Gasteiger partial charge on any atom is -0.315 e. The molecule has 0 aliphatic heterocycles. The van der Waals surface area contributed by atoms with Crippen molar-refractivity contribution in [3.05, 3.63) is 40.0 Å². The number of amides is 1. The Bertz CT molecular complexity index is 781. The maximum Gasteiger partial charge on any atom is 0.229 e. The molecular formula is C13H10ClN3OS2. The van der Waals surface area contributed by atoms with E-state index >= 15 is 0 Å². The van der Waals surface area contributed by atoms with Crippen molar-refractivity contribution in [1.29, 1.82) is 0 Å². The van der Waals surface area contributed by atoms with Gasteiger partial charge >= 0.3 is 0 Å². The van der Waals surface area contributed by atoms with Crippen molar-refractivity contribution in [1.82, 2.24) is 9.36 Å². The number of carbonyl (C=O) groups excluding carboxylic acids is 1. The molecule has 0 unspecified atom stereocenters. The van der Waals surface area contributed by atoms with Crippen LogP contribution in [0, 0.1) is 6.92 Å². The first-order valence-corrected chi connectivity index (χ1v) is 7.90. The van der Waals surface area contributed by atoms with Crippen molar-refractivity contribution in [2.75, 3.05) is 5.32 Å². The van der Waals surface area contributed by atoms with Gasteiger partial charge in [0.1, 0.15) is 5.00 Å². The number of nitrogens with zero attached hydrogens (tertiary/aromatic N) is 2. The highest BCUT2D eigenvalue weighted by Crippen LogP contribution is 2.29. The van der Waals surface area contributed by atoms with Crippen LogP contribution in [0.25, 0.3) is 10.2 Å². The molecule has 20 heavy (non-hydrogen) atoms. The predicted octanol–water partition coefficient (Wildman–Crippen LogP) is 3.90. The molecule has 0 atom stereocenters. The van der Waals surface area contributed by atoms with Crippen molar-refractivity contribution in [3.63, 3.8) is 0 Å². The van der Waals surface area contributed by atoms with Crippen LogP contribution in [0.3, 0.4) is 0 Å². The van der Waals surface area contributed by atoms with Crippen molar-refractivity contribution in [2.24, 2.45) is 0 Å². The second-order valence-corrected chi connectivity index (χ2v) is 6.33. The fraction of sp³-hybridized carbons (Fsp3) is 0.154. The Kier molecular flexibility index (Phi) is 3.69. The number of thiazole rings is 1. The number of benzene rings is 1. The van der Waals surface area contributed by atoms with Gasteiger partial charge in [0.15, 0.2) is 0 Å². The largest absolute Gasteiger partial charge is 0.315 e. The monoisotopic (exact) mass is 323 g/mol. The molecule has 0 fully saturated rings. The molecule has 0 aliphatic carbocycles. The van der Waals surface area contributed by atoms with E-state index in [1.54, 1.807) is 16.8 Å². The first-order valence-electron chi connectivity index (χ1n) is 5.87. The van der Waals surface area contributed by atoms with Crippen LogP contribution in [-0.4, -0.2) is 15.3 Å². The van der Waals surface area contributed by atoms with Crippen LogP contribution >= 0.6 is 34.5 Å². The minimum atomic E-state index is -0.106. The van der Waals surface area contributed by atoms with Gasteiger partial charge < -0.3 is 5.32 Å². The number of aryl methyl sites for hydroxylation is 1. The smallest absolute Gasteiger partial charge is 0.229 e. The minimum absolute atomic E-state index is 0.106. The van der Waals surface area contributed by atoms with E-state index in [9.17, 15) is 4.79 Å². The summed E-state index contributed by atoms with van der Waals surface area (Å²) in [5.74, 6) is -0.106. The normalized spacial score (nSPS) is 10.9. The molecule has 0 bridgehead atoms. The van der Waals surface area contributed by atoms with Crippen LogP contribution in [0.4, 0.5) is 5.00 Å². The molecule has 0 aliphatic rings. The SMILES string of the molecule is Cc1nsc(NC(=O)Cc2ccc3scnc3c2)c1Cl. The van der Waals surface area contributed by atoms with Gasteiger partial charge in [-0.2, -0.15) is 4.37 Å². The van der Waals surface area contributed by atoms with Crippen LogP contribution in [0.15, 0.2) is 23.7 Å². The lowest BCUT2D eigenvalue weighted by Crippen LogP contribution is -2.13. The Hall–Kier alpha value is -1.50. The number of fused-ring (bicyclic) bond motifs is 1. The zero-order valence-electron chi connectivity index (χ0n) is 10.5. The lowest BCUT2D eigenvalue weighted by Gasteiger charge is -2.03. The number of carbonyl (C=O) groups is 1. The van der Waals surface area contributed by atoms with Gasteiger partial charge in [-0.05, 0) is 36.2 Å².